The molecule has 3 N–H and O–H groups in total. The van der Waals surface area contributed by atoms with Crippen LogP contribution in [0.15, 0.2) is 78.9 Å². The molecule has 0 bridgehead atoms. The Morgan fingerprint density at radius 1 is 0.733 bits per heavy atom. The lowest BCUT2D eigenvalue weighted by Gasteiger charge is -2.20. The van der Waals surface area contributed by atoms with Gasteiger partial charge in [-0.25, -0.2) is 0 Å². The van der Waals surface area contributed by atoms with Crippen LogP contribution < -0.4 is 5.32 Å². The summed E-state index contributed by atoms with van der Waals surface area (Å²) in [5.74, 6) is 0.506. The monoisotopic (exact) mass is 431 g/mol. The Balaban J connectivity index is 1.60. The highest BCUT2D eigenvalue weighted by atomic mass is 35.5. The number of rotatable bonds is 3. The van der Waals surface area contributed by atoms with Gasteiger partial charge < -0.3 is 15.5 Å². The Bertz CT molecular complexity index is 1260. The third-order valence-corrected chi connectivity index (χ3v) is 6.68. The zero-order valence-corrected chi connectivity index (χ0v) is 17.5. The van der Waals surface area contributed by atoms with Crippen LogP contribution in [0.4, 0.5) is 5.00 Å². The maximum absolute atomic E-state index is 11.2. The predicted molar refractivity (Wildman–Crippen MR) is 126 cm³/mol. The number of halogens is 1. The number of thiophene rings is 1. The molecular formula is C25H18ClNO2S. The fraction of sp³-hybridized carbons (Fsp3) is 0.0400. The quantitative estimate of drug-likeness (QED) is 0.319. The maximum atomic E-state index is 11.2. The molecule has 30 heavy (non-hydrogen) atoms. The number of nitrogens with one attached hydrogen (secondary N) is 1. The number of fused-ring (bicyclic) bond motifs is 1. The lowest BCUT2D eigenvalue weighted by Crippen LogP contribution is -2.12. The van der Waals surface area contributed by atoms with Gasteiger partial charge in [0.1, 0.15) is 20.8 Å². The number of benzene rings is 3. The number of aliphatic hydroxyl groups is 1. The zero-order valence-electron chi connectivity index (χ0n) is 15.9. The second-order valence-electron chi connectivity index (χ2n) is 7.10. The summed E-state index contributed by atoms with van der Waals surface area (Å²) in [7, 11) is 0. The summed E-state index contributed by atoms with van der Waals surface area (Å²) < 4.78 is 0.628. The van der Waals surface area contributed by atoms with Gasteiger partial charge in [0, 0.05) is 23.2 Å². The largest absolute Gasteiger partial charge is 0.507 e. The van der Waals surface area contributed by atoms with Crippen molar-refractivity contribution in [1.82, 2.24) is 0 Å². The van der Waals surface area contributed by atoms with Crippen LogP contribution in [-0.2, 0) is 0 Å². The Morgan fingerprint density at radius 2 is 1.40 bits per heavy atom. The predicted octanol–water partition coefficient (Wildman–Crippen LogP) is 7.29. The fourth-order valence-corrected chi connectivity index (χ4v) is 5.21. The SMILES string of the molecule is OC1=C(c2ccccc2)CNc2sc(Cl)c(-c3ccc(-c4ccccc4O)cc3)c21. The van der Waals surface area contributed by atoms with Gasteiger partial charge >= 0.3 is 0 Å². The molecule has 0 amide bonds. The Hall–Kier alpha value is -3.21. The Morgan fingerprint density at radius 3 is 2.13 bits per heavy atom. The molecule has 0 spiro atoms. The Kier molecular flexibility index (Phi) is 4.74. The highest BCUT2D eigenvalue weighted by molar-refractivity contribution is 7.21. The molecule has 0 saturated heterocycles. The summed E-state index contributed by atoms with van der Waals surface area (Å²) >= 11 is 8.05. The molecule has 1 aliphatic rings. The van der Waals surface area contributed by atoms with E-state index in [-0.39, 0.29) is 11.5 Å². The highest BCUT2D eigenvalue weighted by Gasteiger charge is 2.27. The van der Waals surface area contributed by atoms with Crippen LogP contribution in [0.3, 0.4) is 0 Å². The van der Waals surface area contributed by atoms with E-state index >= 15 is 0 Å². The van der Waals surface area contributed by atoms with Gasteiger partial charge in [0.25, 0.3) is 0 Å². The first kappa shape index (κ1) is 18.8. The molecular weight excluding hydrogens is 414 g/mol. The molecule has 2 heterocycles. The van der Waals surface area contributed by atoms with E-state index in [0.29, 0.717) is 10.9 Å². The topological polar surface area (TPSA) is 52.5 Å². The smallest absolute Gasteiger partial charge is 0.132 e. The minimum absolute atomic E-state index is 0.244. The molecule has 3 nitrogen and oxygen atoms in total. The standard InChI is InChI=1S/C25H18ClNO2S/c26-24-21(17-12-10-16(11-13-17)18-8-4-5-9-20(18)28)22-23(29)19(14-27-25(22)30-24)15-6-2-1-3-7-15/h1-13,27-29H,14H2. The van der Waals surface area contributed by atoms with E-state index in [0.717, 1.165) is 44.0 Å². The summed E-state index contributed by atoms with van der Waals surface area (Å²) in [6.07, 6.45) is 0. The molecule has 0 unspecified atom stereocenters. The minimum Gasteiger partial charge on any atom is -0.507 e. The molecule has 1 aromatic heterocycles. The van der Waals surface area contributed by atoms with Crippen molar-refractivity contribution in [2.45, 2.75) is 0 Å². The molecule has 4 aromatic rings. The first-order valence-electron chi connectivity index (χ1n) is 9.56. The van der Waals surface area contributed by atoms with Crippen LogP contribution in [0.25, 0.3) is 33.6 Å². The third kappa shape index (κ3) is 3.15. The van der Waals surface area contributed by atoms with Crippen molar-refractivity contribution in [3.8, 4) is 28.0 Å². The molecule has 0 aliphatic carbocycles. The van der Waals surface area contributed by atoms with Crippen LogP contribution in [0, 0.1) is 0 Å². The van der Waals surface area contributed by atoms with Gasteiger partial charge in [-0.05, 0) is 22.8 Å². The van der Waals surface area contributed by atoms with Crippen LogP contribution in [0.5, 0.6) is 5.75 Å². The molecule has 0 radical (unpaired) electrons. The van der Waals surface area contributed by atoms with Crippen molar-refractivity contribution >= 4 is 39.3 Å². The molecule has 5 heteroatoms. The molecule has 0 fully saturated rings. The second kappa shape index (κ2) is 7.56. The number of para-hydroxylation sites is 1. The number of phenols is 1. The van der Waals surface area contributed by atoms with Crippen LogP contribution in [-0.4, -0.2) is 16.8 Å². The highest BCUT2D eigenvalue weighted by Crippen LogP contribution is 2.49. The van der Waals surface area contributed by atoms with Crippen LogP contribution in [0.1, 0.15) is 11.1 Å². The van der Waals surface area contributed by atoms with Gasteiger partial charge in [-0.1, -0.05) is 84.4 Å². The number of hydrogen-bond acceptors (Lipinski definition) is 4. The van der Waals surface area contributed by atoms with E-state index in [1.165, 1.54) is 11.3 Å². The average molecular weight is 432 g/mol. The number of anilines is 1. The number of phenolic OH excluding ortho intramolecular Hbond substituents is 1. The van der Waals surface area contributed by atoms with Crippen LogP contribution >= 0.6 is 22.9 Å². The molecule has 0 saturated carbocycles. The lowest BCUT2D eigenvalue weighted by molar-refractivity contribution is 0.477. The van der Waals surface area contributed by atoms with Crippen molar-refractivity contribution in [2.75, 3.05) is 11.9 Å². The van der Waals surface area contributed by atoms with Crippen molar-refractivity contribution in [1.29, 1.82) is 0 Å². The summed E-state index contributed by atoms with van der Waals surface area (Å²) in [6.45, 7) is 0.547. The molecule has 148 valence electrons. The molecule has 0 atom stereocenters. The summed E-state index contributed by atoms with van der Waals surface area (Å²) in [6, 6.07) is 25.0. The summed E-state index contributed by atoms with van der Waals surface area (Å²) in [5, 5.41) is 25.6. The molecule has 5 rings (SSSR count). The van der Waals surface area contributed by atoms with Crippen molar-refractivity contribution in [2.24, 2.45) is 0 Å². The van der Waals surface area contributed by atoms with Crippen molar-refractivity contribution < 1.29 is 10.2 Å². The zero-order chi connectivity index (χ0) is 20.7. The first-order chi connectivity index (χ1) is 14.6. The summed E-state index contributed by atoms with van der Waals surface area (Å²) in [4.78, 5) is 0. The second-order valence-corrected chi connectivity index (χ2v) is 8.72. The van der Waals surface area contributed by atoms with E-state index in [1.807, 2.05) is 66.7 Å². The number of aliphatic hydroxyl groups excluding tert-OH is 1. The minimum atomic E-state index is 0.244. The average Bonchev–Trinajstić information content (AvgIpc) is 3.12. The molecule has 1 aliphatic heterocycles. The maximum Gasteiger partial charge on any atom is 0.132 e. The van der Waals surface area contributed by atoms with Crippen LogP contribution in [0.2, 0.25) is 4.34 Å². The van der Waals surface area contributed by atoms with Gasteiger partial charge in [0.15, 0.2) is 0 Å². The van der Waals surface area contributed by atoms with E-state index in [4.69, 9.17) is 11.6 Å². The van der Waals surface area contributed by atoms with Crippen molar-refractivity contribution in [3.63, 3.8) is 0 Å². The van der Waals surface area contributed by atoms with E-state index in [9.17, 15) is 10.2 Å². The van der Waals surface area contributed by atoms with E-state index in [2.05, 4.69) is 5.32 Å². The number of aromatic hydroxyl groups is 1. The van der Waals surface area contributed by atoms with Gasteiger partial charge in [-0.3, -0.25) is 0 Å². The number of hydrogen-bond donors (Lipinski definition) is 3. The van der Waals surface area contributed by atoms with Gasteiger partial charge in [-0.15, -0.1) is 11.3 Å². The molecule has 3 aromatic carbocycles. The van der Waals surface area contributed by atoms with E-state index in [1.54, 1.807) is 12.1 Å². The lowest BCUT2D eigenvalue weighted by atomic mass is 9.94. The third-order valence-electron chi connectivity index (χ3n) is 5.32. The van der Waals surface area contributed by atoms with Gasteiger partial charge in [0.2, 0.25) is 0 Å². The van der Waals surface area contributed by atoms with Gasteiger partial charge in [-0.2, -0.15) is 0 Å². The van der Waals surface area contributed by atoms with Crippen molar-refractivity contribution in [3.05, 3.63) is 94.3 Å². The summed E-state index contributed by atoms with van der Waals surface area (Å²) in [5.41, 5.74) is 6.00. The van der Waals surface area contributed by atoms with Gasteiger partial charge in [0.05, 0.1) is 5.56 Å². The first-order valence-corrected chi connectivity index (χ1v) is 10.8. The Labute approximate surface area is 183 Å². The van der Waals surface area contributed by atoms with E-state index < -0.39 is 0 Å². The fourth-order valence-electron chi connectivity index (χ4n) is 3.83. The normalized spacial score (nSPS) is 13.1.